The number of benzene rings is 1. The molecule has 6 heteroatoms. The molecule has 1 heterocycles. The molecule has 100 valence electrons. The van der Waals surface area contributed by atoms with Gasteiger partial charge in [-0.05, 0) is 31.5 Å². The fourth-order valence-corrected chi connectivity index (χ4v) is 2.58. The van der Waals surface area contributed by atoms with Gasteiger partial charge in [-0.15, -0.1) is 0 Å². The van der Waals surface area contributed by atoms with E-state index in [1.807, 2.05) is 0 Å². The largest absolute Gasteiger partial charge is 0.453 e. The van der Waals surface area contributed by atoms with Crippen LogP contribution >= 0.6 is 7.14 Å². The highest BCUT2D eigenvalue weighted by molar-refractivity contribution is 7.70. The molecule has 0 atom stereocenters. The van der Waals surface area contributed by atoms with Crippen LogP contribution in [0.2, 0.25) is 0 Å². The minimum absolute atomic E-state index is 0.0371. The molecule has 0 aliphatic heterocycles. The summed E-state index contributed by atoms with van der Waals surface area (Å²) in [6, 6.07) is 5.71. The summed E-state index contributed by atoms with van der Waals surface area (Å²) < 4.78 is 31.3. The molecular weight excluding hydrogens is 266 g/mol. The lowest BCUT2D eigenvalue weighted by molar-refractivity contribution is 0.444. The van der Waals surface area contributed by atoms with Crippen LogP contribution in [-0.2, 0) is 4.57 Å². The van der Waals surface area contributed by atoms with Gasteiger partial charge in [-0.1, -0.05) is 0 Å². The summed E-state index contributed by atoms with van der Waals surface area (Å²) in [5.41, 5.74) is 5.79. The topological polar surface area (TPSA) is 65.2 Å². The number of nitrogens with two attached hydrogens (primary N) is 1. The van der Waals surface area contributed by atoms with Gasteiger partial charge in [0.2, 0.25) is 0 Å². The fraction of sp³-hybridized carbons (Fsp3) is 0.154. The van der Waals surface area contributed by atoms with Gasteiger partial charge in [0.1, 0.15) is 12.9 Å². The third kappa shape index (κ3) is 3.12. The summed E-state index contributed by atoms with van der Waals surface area (Å²) in [4.78, 5) is 3.92. The molecular formula is C13H14FN2O2P. The molecule has 2 rings (SSSR count). The van der Waals surface area contributed by atoms with Crippen molar-refractivity contribution in [3.05, 3.63) is 42.5 Å². The van der Waals surface area contributed by atoms with Gasteiger partial charge in [0.05, 0.1) is 5.30 Å². The second-order valence-electron chi connectivity index (χ2n) is 4.49. The fourth-order valence-electron chi connectivity index (χ4n) is 1.58. The molecule has 0 saturated carbocycles. The second kappa shape index (κ2) is 5.02. The molecule has 1 aromatic heterocycles. The number of ether oxygens (including phenoxy) is 1. The van der Waals surface area contributed by atoms with E-state index in [1.54, 1.807) is 19.4 Å². The van der Waals surface area contributed by atoms with E-state index in [0.717, 1.165) is 0 Å². The smallest absolute Gasteiger partial charge is 0.167 e. The predicted molar refractivity (Wildman–Crippen MR) is 74.2 cm³/mol. The number of rotatable bonds is 3. The minimum atomic E-state index is -2.55. The molecule has 0 radical (unpaired) electrons. The minimum Gasteiger partial charge on any atom is -0.453 e. The first-order chi connectivity index (χ1) is 8.88. The lowest BCUT2D eigenvalue weighted by Gasteiger charge is -2.14. The molecule has 0 unspecified atom stereocenters. The van der Waals surface area contributed by atoms with Crippen LogP contribution in [0.15, 0.2) is 36.7 Å². The molecule has 1 aromatic carbocycles. The van der Waals surface area contributed by atoms with Crippen LogP contribution in [0, 0.1) is 5.82 Å². The summed E-state index contributed by atoms with van der Waals surface area (Å²) in [6.45, 7) is 3.21. The van der Waals surface area contributed by atoms with Crippen molar-refractivity contribution in [2.75, 3.05) is 19.1 Å². The molecule has 0 bridgehead atoms. The molecule has 0 amide bonds. The van der Waals surface area contributed by atoms with E-state index in [4.69, 9.17) is 10.5 Å². The lowest BCUT2D eigenvalue weighted by atomic mass is 10.3. The van der Waals surface area contributed by atoms with Crippen molar-refractivity contribution in [3.8, 4) is 11.5 Å². The molecule has 4 nitrogen and oxygen atoms in total. The van der Waals surface area contributed by atoms with Gasteiger partial charge in [0.15, 0.2) is 11.6 Å². The summed E-state index contributed by atoms with van der Waals surface area (Å²) in [7, 11) is -2.55. The van der Waals surface area contributed by atoms with E-state index in [-0.39, 0.29) is 5.75 Å². The first kappa shape index (κ1) is 13.6. The Morgan fingerprint density at radius 1 is 1.26 bits per heavy atom. The van der Waals surface area contributed by atoms with Crippen LogP contribution in [0.25, 0.3) is 0 Å². The number of nitrogens with zero attached hydrogens (tertiary/aromatic N) is 1. The van der Waals surface area contributed by atoms with Gasteiger partial charge in [-0.2, -0.15) is 0 Å². The standard InChI is InChI=1S/C13H14FN2O2P/c1-19(2,17)13-8-16-6-5-12(13)18-11-4-3-9(15)7-10(11)14/h3-8H,15H2,1-2H3. The van der Waals surface area contributed by atoms with Crippen molar-refractivity contribution >= 4 is 18.1 Å². The van der Waals surface area contributed by atoms with E-state index in [2.05, 4.69) is 4.98 Å². The molecule has 0 spiro atoms. The average Bonchev–Trinajstić information content (AvgIpc) is 2.32. The van der Waals surface area contributed by atoms with Crippen LogP contribution < -0.4 is 15.8 Å². The van der Waals surface area contributed by atoms with Crippen molar-refractivity contribution < 1.29 is 13.7 Å². The first-order valence-corrected chi connectivity index (χ1v) is 8.20. The molecule has 2 N–H and O–H groups in total. The molecule has 2 aromatic rings. The zero-order valence-corrected chi connectivity index (χ0v) is 11.5. The number of hydrogen-bond acceptors (Lipinski definition) is 4. The van der Waals surface area contributed by atoms with Crippen LogP contribution in [-0.4, -0.2) is 18.3 Å². The van der Waals surface area contributed by atoms with Crippen LogP contribution in [0.3, 0.4) is 0 Å². The van der Waals surface area contributed by atoms with Crippen molar-refractivity contribution in [2.45, 2.75) is 0 Å². The Morgan fingerprint density at radius 3 is 2.63 bits per heavy atom. The lowest BCUT2D eigenvalue weighted by Crippen LogP contribution is -2.08. The Kier molecular flexibility index (Phi) is 3.58. The first-order valence-electron chi connectivity index (χ1n) is 5.60. The third-order valence-electron chi connectivity index (χ3n) is 2.52. The zero-order valence-electron chi connectivity index (χ0n) is 10.6. The van der Waals surface area contributed by atoms with E-state index < -0.39 is 13.0 Å². The van der Waals surface area contributed by atoms with E-state index in [9.17, 15) is 8.96 Å². The molecule has 0 saturated heterocycles. The Balaban J connectivity index is 2.42. The third-order valence-corrected chi connectivity index (χ3v) is 4.01. The number of pyridine rings is 1. The monoisotopic (exact) mass is 280 g/mol. The summed E-state index contributed by atoms with van der Waals surface area (Å²) in [5, 5.41) is 0.478. The number of anilines is 1. The van der Waals surface area contributed by atoms with Gasteiger partial charge in [0.25, 0.3) is 0 Å². The van der Waals surface area contributed by atoms with Crippen LogP contribution in [0.4, 0.5) is 10.1 Å². The number of aromatic nitrogens is 1. The number of halogens is 1. The maximum absolute atomic E-state index is 13.7. The van der Waals surface area contributed by atoms with Crippen molar-refractivity contribution in [3.63, 3.8) is 0 Å². The summed E-state index contributed by atoms with van der Waals surface area (Å²) in [5.74, 6) is -0.188. The predicted octanol–water partition coefficient (Wildman–Crippen LogP) is 2.84. The highest BCUT2D eigenvalue weighted by Gasteiger charge is 2.18. The van der Waals surface area contributed by atoms with Crippen LogP contribution in [0.5, 0.6) is 11.5 Å². The number of hydrogen-bond donors (Lipinski definition) is 1. The van der Waals surface area contributed by atoms with Crippen LogP contribution in [0.1, 0.15) is 0 Å². The highest BCUT2D eigenvalue weighted by Crippen LogP contribution is 2.39. The van der Waals surface area contributed by atoms with E-state index in [1.165, 1.54) is 30.6 Å². The quantitative estimate of drug-likeness (QED) is 0.693. The number of nitrogen functional groups attached to an aromatic ring is 1. The van der Waals surface area contributed by atoms with Gasteiger partial charge in [-0.25, -0.2) is 4.39 Å². The second-order valence-corrected chi connectivity index (χ2v) is 7.67. The van der Waals surface area contributed by atoms with Gasteiger partial charge in [0, 0.05) is 24.1 Å². The van der Waals surface area contributed by atoms with Crippen molar-refractivity contribution in [2.24, 2.45) is 0 Å². The van der Waals surface area contributed by atoms with Crippen molar-refractivity contribution in [1.82, 2.24) is 4.98 Å². The Hall–Kier alpha value is -1.87. The Labute approximate surface area is 110 Å². The van der Waals surface area contributed by atoms with E-state index >= 15 is 0 Å². The molecule has 19 heavy (non-hydrogen) atoms. The normalized spacial score (nSPS) is 11.3. The molecule has 0 fully saturated rings. The van der Waals surface area contributed by atoms with Gasteiger partial charge >= 0.3 is 0 Å². The average molecular weight is 280 g/mol. The van der Waals surface area contributed by atoms with Gasteiger partial charge < -0.3 is 15.0 Å². The summed E-state index contributed by atoms with van der Waals surface area (Å²) in [6.07, 6.45) is 2.98. The van der Waals surface area contributed by atoms with E-state index in [0.29, 0.717) is 16.7 Å². The SMILES string of the molecule is CP(C)(=O)c1cnccc1Oc1ccc(N)cc1F. The van der Waals surface area contributed by atoms with Gasteiger partial charge in [-0.3, -0.25) is 4.98 Å². The maximum Gasteiger partial charge on any atom is 0.167 e. The highest BCUT2D eigenvalue weighted by atomic mass is 31.2. The maximum atomic E-state index is 13.7. The molecule has 0 aliphatic rings. The summed E-state index contributed by atoms with van der Waals surface area (Å²) >= 11 is 0. The zero-order chi connectivity index (χ0) is 14.0. The Bertz CT molecular complexity index is 655. The van der Waals surface area contributed by atoms with Crippen molar-refractivity contribution in [1.29, 1.82) is 0 Å². The molecule has 0 aliphatic carbocycles. The Morgan fingerprint density at radius 2 is 2.00 bits per heavy atom.